The third kappa shape index (κ3) is 3.35. The number of carbonyl (C=O) groups excluding carboxylic acids is 1. The second-order valence-electron chi connectivity index (χ2n) is 4.07. The Balaban J connectivity index is 2.80. The average Bonchev–Trinajstić information content (AvgIpc) is 2.29. The van der Waals surface area contributed by atoms with Crippen LogP contribution in [-0.2, 0) is 4.79 Å². The molecule has 0 radical (unpaired) electrons. The molecule has 1 aromatic carbocycles. The molecule has 0 aliphatic heterocycles. The van der Waals surface area contributed by atoms with Crippen LogP contribution in [0, 0.1) is 11.8 Å². The van der Waals surface area contributed by atoms with Crippen molar-refractivity contribution < 1.29 is 4.79 Å². The summed E-state index contributed by atoms with van der Waals surface area (Å²) in [5, 5.41) is 0. The summed E-state index contributed by atoms with van der Waals surface area (Å²) in [6.07, 6.45) is 3.17. The quantitative estimate of drug-likeness (QED) is 0.682. The molecule has 1 aromatic rings. The second-order valence-corrected chi connectivity index (χ2v) is 4.07. The topological polar surface area (TPSA) is 17.1 Å². The summed E-state index contributed by atoms with van der Waals surface area (Å²) in [4.78, 5) is 10.6. The van der Waals surface area contributed by atoms with Crippen molar-refractivity contribution in [1.29, 1.82) is 0 Å². The number of hydrogen-bond acceptors (Lipinski definition) is 1. The van der Waals surface area contributed by atoms with Crippen LogP contribution in [0.1, 0.15) is 26.3 Å². The molecule has 0 aliphatic rings. The van der Waals surface area contributed by atoms with E-state index >= 15 is 0 Å². The minimum absolute atomic E-state index is 0.0867. The van der Waals surface area contributed by atoms with Crippen LogP contribution in [0.4, 0.5) is 0 Å². The fourth-order valence-electron chi connectivity index (χ4n) is 1.47. The zero-order valence-corrected chi connectivity index (χ0v) is 9.60. The van der Waals surface area contributed by atoms with Gasteiger partial charge in [-0.3, -0.25) is 0 Å². The van der Waals surface area contributed by atoms with Gasteiger partial charge in [-0.25, -0.2) is 0 Å². The van der Waals surface area contributed by atoms with Crippen LogP contribution >= 0.6 is 0 Å². The van der Waals surface area contributed by atoms with Gasteiger partial charge in [0.2, 0.25) is 0 Å². The standard InChI is InChI=1S/C14H18O/c1-11(13(3)10-15)9-12(2)14-7-5-4-6-8-14/h4-11,13H,1-3H3/b12-9+. The summed E-state index contributed by atoms with van der Waals surface area (Å²) in [5.41, 5.74) is 2.46. The van der Waals surface area contributed by atoms with Crippen LogP contribution in [0.3, 0.4) is 0 Å². The lowest BCUT2D eigenvalue weighted by Crippen LogP contribution is -2.06. The van der Waals surface area contributed by atoms with Gasteiger partial charge < -0.3 is 4.79 Å². The van der Waals surface area contributed by atoms with Gasteiger partial charge in [0.25, 0.3) is 0 Å². The van der Waals surface area contributed by atoms with Gasteiger partial charge >= 0.3 is 0 Å². The van der Waals surface area contributed by atoms with Crippen LogP contribution in [-0.4, -0.2) is 6.29 Å². The van der Waals surface area contributed by atoms with Crippen molar-refractivity contribution in [3.8, 4) is 0 Å². The van der Waals surface area contributed by atoms with E-state index in [1.54, 1.807) is 0 Å². The molecular weight excluding hydrogens is 184 g/mol. The van der Waals surface area contributed by atoms with E-state index < -0.39 is 0 Å². The van der Waals surface area contributed by atoms with Crippen LogP contribution in [0.2, 0.25) is 0 Å². The number of benzene rings is 1. The van der Waals surface area contributed by atoms with Gasteiger partial charge in [-0.05, 0) is 24.0 Å². The molecule has 0 aliphatic carbocycles. The van der Waals surface area contributed by atoms with E-state index in [0.717, 1.165) is 6.29 Å². The van der Waals surface area contributed by atoms with E-state index in [4.69, 9.17) is 0 Å². The Labute approximate surface area is 91.8 Å². The van der Waals surface area contributed by atoms with Gasteiger partial charge in [0, 0.05) is 5.92 Å². The first kappa shape index (κ1) is 11.7. The highest BCUT2D eigenvalue weighted by molar-refractivity contribution is 5.64. The van der Waals surface area contributed by atoms with Gasteiger partial charge in [-0.15, -0.1) is 0 Å². The highest BCUT2D eigenvalue weighted by atomic mass is 16.1. The Morgan fingerprint density at radius 2 is 1.73 bits per heavy atom. The van der Waals surface area contributed by atoms with Crippen molar-refractivity contribution in [3.63, 3.8) is 0 Å². The monoisotopic (exact) mass is 202 g/mol. The number of aldehydes is 1. The summed E-state index contributed by atoms with van der Waals surface area (Å²) in [7, 11) is 0. The van der Waals surface area contributed by atoms with Crippen LogP contribution < -0.4 is 0 Å². The lowest BCUT2D eigenvalue weighted by atomic mass is 9.93. The molecular formula is C14H18O. The first-order chi connectivity index (χ1) is 7.15. The third-order valence-electron chi connectivity index (χ3n) is 2.79. The van der Waals surface area contributed by atoms with E-state index in [1.807, 2.05) is 25.1 Å². The number of hydrogen-bond donors (Lipinski definition) is 0. The minimum atomic E-state index is 0.0867. The van der Waals surface area contributed by atoms with Crippen molar-refractivity contribution in [2.45, 2.75) is 20.8 Å². The van der Waals surface area contributed by atoms with Gasteiger partial charge in [-0.2, -0.15) is 0 Å². The van der Waals surface area contributed by atoms with Crippen molar-refractivity contribution in [1.82, 2.24) is 0 Å². The van der Waals surface area contributed by atoms with Crippen molar-refractivity contribution in [2.24, 2.45) is 11.8 Å². The number of carbonyl (C=O) groups is 1. The van der Waals surface area contributed by atoms with E-state index in [9.17, 15) is 4.79 Å². The molecule has 0 saturated carbocycles. The molecule has 0 aromatic heterocycles. The SMILES string of the molecule is C/C(=C\C(C)C(C)C=O)c1ccccc1. The molecule has 0 saturated heterocycles. The highest BCUT2D eigenvalue weighted by Crippen LogP contribution is 2.19. The predicted octanol–water partition coefficient (Wildman–Crippen LogP) is 3.56. The summed E-state index contributed by atoms with van der Waals surface area (Å²) < 4.78 is 0. The Morgan fingerprint density at radius 3 is 2.27 bits per heavy atom. The smallest absolute Gasteiger partial charge is 0.123 e. The van der Waals surface area contributed by atoms with Crippen molar-refractivity contribution >= 4 is 11.9 Å². The molecule has 2 unspecified atom stereocenters. The zero-order valence-electron chi connectivity index (χ0n) is 9.60. The molecule has 0 heterocycles. The van der Waals surface area contributed by atoms with Crippen LogP contribution in [0.25, 0.3) is 5.57 Å². The summed E-state index contributed by atoms with van der Waals surface area (Å²) >= 11 is 0. The van der Waals surface area contributed by atoms with Crippen molar-refractivity contribution in [3.05, 3.63) is 42.0 Å². The molecule has 80 valence electrons. The van der Waals surface area contributed by atoms with Crippen molar-refractivity contribution in [2.75, 3.05) is 0 Å². The van der Waals surface area contributed by atoms with Gasteiger partial charge in [0.15, 0.2) is 0 Å². The van der Waals surface area contributed by atoms with Crippen LogP contribution in [0.15, 0.2) is 36.4 Å². The maximum absolute atomic E-state index is 10.6. The van der Waals surface area contributed by atoms with E-state index in [0.29, 0.717) is 5.92 Å². The zero-order chi connectivity index (χ0) is 11.3. The van der Waals surface area contributed by atoms with Gasteiger partial charge in [0.1, 0.15) is 6.29 Å². The molecule has 1 nitrogen and oxygen atoms in total. The van der Waals surface area contributed by atoms with Gasteiger partial charge in [-0.1, -0.05) is 50.3 Å². The largest absolute Gasteiger partial charge is 0.303 e. The molecule has 2 atom stereocenters. The molecule has 0 spiro atoms. The molecule has 0 N–H and O–H groups in total. The Kier molecular flexibility index (Phi) is 4.29. The Hall–Kier alpha value is -1.37. The first-order valence-electron chi connectivity index (χ1n) is 5.34. The average molecular weight is 202 g/mol. The third-order valence-corrected chi connectivity index (χ3v) is 2.79. The fraction of sp³-hybridized carbons (Fsp3) is 0.357. The lowest BCUT2D eigenvalue weighted by molar-refractivity contribution is -0.111. The summed E-state index contributed by atoms with van der Waals surface area (Å²) in [5.74, 6) is 0.381. The molecule has 0 amide bonds. The van der Waals surface area contributed by atoms with E-state index in [1.165, 1.54) is 11.1 Å². The van der Waals surface area contributed by atoms with Crippen LogP contribution in [0.5, 0.6) is 0 Å². The highest BCUT2D eigenvalue weighted by Gasteiger charge is 2.08. The Morgan fingerprint density at radius 1 is 1.13 bits per heavy atom. The Bertz CT molecular complexity index is 338. The summed E-state index contributed by atoms with van der Waals surface area (Å²) in [6.45, 7) is 6.11. The maximum Gasteiger partial charge on any atom is 0.123 e. The second kappa shape index (κ2) is 5.50. The number of allylic oxidation sites excluding steroid dienone is 2. The fourth-order valence-corrected chi connectivity index (χ4v) is 1.47. The van der Waals surface area contributed by atoms with Gasteiger partial charge in [0.05, 0.1) is 0 Å². The maximum atomic E-state index is 10.6. The molecule has 1 heteroatoms. The molecule has 1 rings (SSSR count). The number of rotatable bonds is 4. The van der Waals surface area contributed by atoms with E-state index in [-0.39, 0.29) is 5.92 Å². The first-order valence-corrected chi connectivity index (χ1v) is 5.34. The molecule has 0 bridgehead atoms. The summed E-state index contributed by atoms with van der Waals surface area (Å²) in [6, 6.07) is 10.2. The lowest BCUT2D eigenvalue weighted by Gasteiger charge is -2.11. The minimum Gasteiger partial charge on any atom is -0.303 e. The van der Waals surface area contributed by atoms with E-state index in [2.05, 4.69) is 32.1 Å². The molecule has 15 heavy (non-hydrogen) atoms. The normalized spacial score (nSPS) is 15.8. The molecule has 0 fully saturated rings. The predicted molar refractivity (Wildman–Crippen MR) is 64.5 cm³/mol.